The molecule has 2 N–H and O–H groups in total. The number of nitrogens with zero attached hydrogens (tertiary/aromatic N) is 1. The van der Waals surface area contributed by atoms with Gasteiger partial charge in [0, 0.05) is 13.1 Å². The molecule has 0 saturated carbocycles. The fourth-order valence-corrected chi connectivity index (χ4v) is 4.05. The first-order valence-electron chi connectivity index (χ1n) is 10.5. The first-order valence-corrected chi connectivity index (χ1v) is 10.5. The van der Waals surface area contributed by atoms with Crippen molar-refractivity contribution < 1.29 is 19.1 Å². The summed E-state index contributed by atoms with van der Waals surface area (Å²) < 4.78 is 5.31. The van der Waals surface area contributed by atoms with Crippen molar-refractivity contribution in [3.8, 4) is 0 Å². The number of hydrogen-bond acceptors (Lipinski definition) is 4. The molecule has 1 fully saturated rings. The van der Waals surface area contributed by atoms with Crippen LogP contribution in [0.5, 0.6) is 0 Å². The number of ether oxygens (including phenoxy) is 1. The van der Waals surface area contributed by atoms with Gasteiger partial charge in [0.25, 0.3) is 0 Å². The van der Waals surface area contributed by atoms with Gasteiger partial charge in [-0.05, 0) is 52.0 Å². The lowest BCUT2D eigenvalue weighted by Gasteiger charge is -2.39. The Bertz CT molecular complexity index is 815. The number of amides is 3. The van der Waals surface area contributed by atoms with Crippen LogP contribution in [-0.2, 0) is 20.9 Å². The van der Waals surface area contributed by atoms with Gasteiger partial charge < -0.3 is 20.3 Å². The quantitative estimate of drug-likeness (QED) is 0.743. The third kappa shape index (κ3) is 5.01. The summed E-state index contributed by atoms with van der Waals surface area (Å²) in [5.74, 6) is -0.391. The molecule has 0 aliphatic carbocycles. The summed E-state index contributed by atoms with van der Waals surface area (Å²) in [5, 5.41) is 5.69. The summed E-state index contributed by atoms with van der Waals surface area (Å²) in [6, 6.07) is 8.94. The van der Waals surface area contributed by atoms with Crippen LogP contribution >= 0.6 is 0 Å². The predicted molar refractivity (Wildman–Crippen MR) is 113 cm³/mol. The standard InChI is InChI=1S/C23H31N3O4/c1-22(2,3)30-21(29)25-18-12-7-8-13-23(14-9-15-26(23)19(18)27)20(28)24-16-17-10-5-4-6-11-17/h4-8,10-11,18H,9,12-16H2,1-3H3,(H,24,28)(H,25,29)/b8-7-/t18-,23-/m0/s1. The van der Waals surface area contributed by atoms with Crippen LogP contribution in [0.3, 0.4) is 0 Å². The number of alkyl carbamates (subject to hydrolysis) is 1. The van der Waals surface area contributed by atoms with E-state index >= 15 is 0 Å². The summed E-state index contributed by atoms with van der Waals surface area (Å²) in [6.45, 7) is 6.23. The molecule has 2 aliphatic heterocycles. The van der Waals surface area contributed by atoms with Gasteiger partial charge in [-0.2, -0.15) is 0 Å². The Morgan fingerprint density at radius 3 is 2.63 bits per heavy atom. The van der Waals surface area contributed by atoms with Crippen molar-refractivity contribution in [3.63, 3.8) is 0 Å². The SMILES string of the molecule is CC(C)(C)OC(=O)N[C@H]1C/C=C\C[C@@]2(C(=O)NCc3ccccc3)CCCN2C1=O. The average Bonchev–Trinajstić information content (AvgIpc) is 3.10. The van der Waals surface area contributed by atoms with Gasteiger partial charge >= 0.3 is 6.09 Å². The molecule has 3 amide bonds. The largest absolute Gasteiger partial charge is 0.444 e. The van der Waals surface area contributed by atoms with Gasteiger partial charge in [0.15, 0.2) is 0 Å². The van der Waals surface area contributed by atoms with Gasteiger partial charge in [-0.3, -0.25) is 9.59 Å². The molecule has 1 aromatic rings. The second kappa shape index (κ2) is 8.90. The van der Waals surface area contributed by atoms with E-state index in [0.717, 1.165) is 12.0 Å². The molecule has 162 valence electrons. The Kier molecular flexibility index (Phi) is 6.48. The smallest absolute Gasteiger partial charge is 0.408 e. The zero-order valence-corrected chi connectivity index (χ0v) is 17.9. The number of carbonyl (C=O) groups is 3. The summed E-state index contributed by atoms with van der Waals surface area (Å²) >= 11 is 0. The molecule has 1 saturated heterocycles. The fraction of sp³-hybridized carbons (Fsp3) is 0.522. The monoisotopic (exact) mass is 413 g/mol. The van der Waals surface area contributed by atoms with E-state index in [9.17, 15) is 14.4 Å². The Morgan fingerprint density at radius 2 is 1.93 bits per heavy atom. The Hall–Kier alpha value is -2.83. The van der Waals surface area contributed by atoms with Gasteiger partial charge in [0.2, 0.25) is 11.8 Å². The van der Waals surface area contributed by atoms with Crippen molar-refractivity contribution in [2.24, 2.45) is 0 Å². The van der Waals surface area contributed by atoms with Gasteiger partial charge in [-0.25, -0.2) is 4.79 Å². The summed E-state index contributed by atoms with van der Waals surface area (Å²) in [6.07, 6.45) is 5.36. The van der Waals surface area contributed by atoms with Crippen LogP contribution < -0.4 is 10.6 Å². The zero-order valence-electron chi connectivity index (χ0n) is 17.9. The van der Waals surface area contributed by atoms with Crippen LogP contribution in [0.1, 0.15) is 52.0 Å². The van der Waals surface area contributed by atoms with Crippen molar-refractivity contribution >= 4 is 17.9 Å². The number of carbonyl (C=O) groups excluding carboxylic acids is 3. The summed E-state index contributed by atoms with van der Waals surface area (Å²) in [4.78, 5) is 40.4. The third-order valence-electron chi connectivity index (χ3n) is 5.46. The van der Waals surface area contributed by atoms with Crippen LogP contribution in [0, 0.1) is 0 Å². The van der Waals surface area contributed by atoms with Crippen LogP contribution in [0.2, 0.25) is 0 Å². The number of nitrogens with one attached hydrogen (secondary N) is 2. The first-order chi connectivity index (χ1) is 14.2. The topological polar surface area (TPSA) is 87.7 Å². The molecule has 30 heavy (non-hydrogen) atoms. The van der Waals surface area contributed by atoms with E-state index in [2.05, 4.69) is 10.6 Å². The van der Waals surface area contributed by atoms with Gasteiger partial charge in [-0.15, -0.1) is 0 Å². The highest BCUT2D eigenvalue weighted by molar-refractivity contribution is 5.95. The third-order valence-corrected chi connectivity index (χ3v) is 5.46. The van der Waals surface area contributed by atoms with Crippen molar-refractivity contribution in [2.45, 2.75) is 70.2 Å². The van der Waals surface area contributed by atoms with E-state index in [1.807, 2.05) is 42.5 Å². The maximum absolute atomic E-state index is 13.3. The van der Waals surface area contributed by atoms with Crippen molar-refractivity contribution in [3.05, 3.63) is 48.0 Å². The molecule has 7 heteroatoms. The normalized spacial score (nSPS) is 25.0. The zero-order chi connectivity index (χ0) is 21.8. The molecule has 7 nitrogen and oxygen atoms in total. The first kappa shape index (κ1) is 21.9. The Morgan fingerprint density at radius 1 is 1.20 bits per heavy atom. The molecular weight excluding hydrogens is 382 g/mol. The lowest BCUT2D eigenvalue weighted by Crippen LogP contribution is -2.61. The predicted octanol–water partition coefficient (Wildman–Crippen LogP) is 2.91. The number of hydrogen-bond donors (Lipinski definition) is 2. The molecular formula is C23H31N3O4. The van der Waals surface area contributed by atoms with E-state index in [0.29, 0.717) is 32.4 Å². The van der Waals surface area contributed by atoms with E-state index < -0.39 is 23.3 Å². The van der Waals surface area contributed by atoms with Gasteiger partial charge in [0.1, 0.15) is 17.2 Å². The minimum absolute atomic E-state index is 0.153. The van der Waals surface area contributed by atoms with Gasteiger partial charge in [-0.1, -0.05) is 42.5 Å². The van der Waals surface area contributed by atoms with Crippen molar-refractivity contribution in [1.82, 2.24) is 15.5 Å². The number of fused-ring (bicyclic) bond motifs is 1. The summed E-state index contributed by atoms with van der Waals surface area (Å²) in [7, 11) is 0. The molecule has 0 radical (unpaired) electrons. The fourth-order valence-electron chi connectivity index (χ4n) is 4.05. The number of benzene rings is 1. The van der Waals surface area contributed by atoms with Crippen molar-refractivity contribution in [1.29, 1.82) is 0 Å². The second-order valence-corrected chi connectivity index (χ2v) is 8.90. The highest BCUT2D eigenvalue weighted by atomic mass is 16.6. The molecule has 1 aromatic carbocycles. The minimum Gasteiger partial charge on any atom is -0.444 e. The lowest BCUT2D eigenvalue weighted by atomic mass is 9.88. The van der Waals surface area contributed by atoms with Crippen LogP contribution in [0.4, 0.5) is 4.79 Å². The highest BCUT2D eigenvalue weighted by Crippen LogP contribution is 2.35. The molecule has 3 rings (SSSR count). The van der Waals surface area contributed by atoms with Gasteiger partial charge in [0.05, 0.1) is 0 Å². The van der Waals surface area contributed by atoms with E-state index in [4.69, 9.17) is 4.74 Å². The maximum Gasteiger partial charge on any atom is 0.408 e. The van der Waals surface area contributed by atoms with Crippen molar-refractivity contribution in [2.75, 3.05) is 6.54 Å². The Labute approximate surface area is 177 Å². The molecule has 0 unspecified atom stereocenters. The Balaban J connectivity index is 1.74. The average molecular weight is 414 g/mol. The second-order valence-electron chi connectivity index (χ2n) is 8.90. The van der Waals surface area contributed by atoms with E-state index in [1.165, 1.54) is 0 Å². The number of rotatable bonds is 4. The van der Waals surface area contributed by atoms with Crippen LogP contribution in [-0.4, -0.2) is 46.5 Å². The van der Waals surface area contributed by atoms with E-state index in [1.54, 1.807) is 25.7 Å². The molecule has 2 heterocycles. The molecule has 0 aromatic heterocycles. The minimum atomic E-state index is -0.920. The molecule has 2 atom stereocenters. The lowest BCUT2D eigenvalue weighted by molar-refractivity contribution is -0.146. The van der Waals surface area contributed by atoms with Crippen LogP contribution in [0.15, 0.2) is 42.5 Å². The molecule has 0 bridgehead atoms. The molecule has 0 spiro atoms. The summed E-state index contributed by atoms with van der Waals surface area (Å²) in [5.41, 5.74) is -0.570. The maximum atomic E-state index is 13.3. The highest BCUT2D eigenvalue weighted by Gasteiger charge is 2.50. The molecule has 2 aliphatic rings. The van der Waals surface area contributed by atoms with Crippen LogP contribution in [0.25, 0.3) is 0 Å². The van der Waals surface area contributed by atoms with E-state index in [-0.39, 0.29) is 11.8 Å².